The molecule has 1 rings (SSSR count). The number of sulfonamides is 1. The van der Waals surface area contributed by atoms with Gasteiger partial charge >= 0.3 is 0 Å². The van der Waals surface area contributed by atoms with E-state index in [4.69, 9.17) is 0 Å². The number of thiophene rings is 1. The fraction of sp³-hybridized carbons (Fsp3) is 0.667. The van der Waals surface area contributed by atoms with Crippen LogP contribution in [0.25, 0.3) is 0 Å². The van der Waals surface area contributed by atoms with E-state index in [1.165, 1.54) is 11.3 Å². The number of nitrogens with one attached hydrogen (secondary N) is 2. The van der Waals surface area contributed by atoms with Crippen molar-refractivity contribution in [2.45, 2.75) is 44.5 Å². The quantitative estimate of drug-likeness (QED) is 0.809. The van der Waals surface area contributed by atoms with Crippen LogP contribution in [-0.2, 0) is 16.6 Å². The molecule has 0 fully saturated rings. The first-order valence-electron chi connectivity index (χ1n) is 6.17. The van der Waals surface area contributed by atoms with Gasteiger partial charge < -0.3 is 5.32 Å². The molecule has 0 radical (unpaired) electrons. The third-order valence-corrected chi connectivity index (χ3v) is 5.86. The lowest BCUT2D eigenvalue weighted by atomic mass is 10.1. The van der Waals surface area contributed by atoms with Crippen LogP contribution in [0.4, 0.5) is 0 Å². The monoisotopic (exact) mass is 290 g/mol. The maximum absolute atomic E-state index is 12.1. The molecule has 0 saturated carbocycles. The summed E-state index contributed by atoms with van der Waals surface area (Å²) in [6.07, 6.45) is 0. The topological polar surface area (TPSA) is 58.2 Å². The molecule has 0 amide bonds. The molecule has 1 aromatic heterocycles. The van der Waals surface area contributed by atoms with Crippen molar-refractivity contribution in [1.82, 2.24) is 10.0 Å². The summed E-state index contributed by atoms with van der Waals surface area (Å²) in [5.74, 6) is 0.279. The van der Waals surface area contributed by atoms with Crippen LogP contribution in [-0.4, -0.2) is 21.0 Å². The molecule has 1 unspecified atom stereocenters. The standard InChI is InChI=1S/C12H22N2O2S2/c1-5-13-7-11-6-12(17-8-11)18(15,16)14-10(4)9(2)3/h6,8-10,13-14H,5,7H2,1-4H3. The van der Waals surface area contributed by atoms with E-state index in [0.29, 0.717) is 10.8 Å². The van der Waals surface area contributed by atoms with E-state index in [2.05, 4.69) is 10.0 Å². The van der Waals surface area contributed by atoms with Crippen LogP contribution in [0.3, 0.4) is 0 Å². The van der Waals surface area contributed by atoms with E-state index in [-0.39, 0.29) is 12.0 Å². The lowest BCUT2D eigenvalue weighted by Gasteiger charge is -2.16. The molecule has 0 bridgehead atoms. The van der Waals surface area contributed by atoms with Crippen LogP contribution in [0, 0.1) is 5.92 Å². The highest BCUT2D eigenvalue weighted by Gasteiger charge is 2.20. The molecule has 0 aliphatic heterocycles. The predicted octanol–water partition coefficient (Wildman–Crippen LogP) is 2.18. The second-order valence-electron chi connectivity index (χ2n) is 4.71. The van der Waals surface area contributed by atoms with Gasteiger partial charge in [-0.3, -0.25) is 0 Å². The fourth-order valence-corrected chi connectivity index (χ4v) is 3.91. The van der Waals surface area contributed by atoms with Crippen molar-refractivity contribution in [2.24, 2.45) is 5.92 Å². The second kappa shape index (κ2) is 6.65. The van der Waals surface area contributed by atoms with Crippen molar-refractivity contribution < 1.29 is 8.42 Å². The first-order valence-corrected chi connectivity index (χ1v) is 8.53. The van der Waals surface area contributed by atoms with Crippen LogP contribution in [0.2, 0.25) is 0 Å². The van der Waals surface area contributed by atoms with Crippen molar-refractivity contribution >= 4 is 21.4 Å². The Bertz CT molecular complexity index is 466. The van der Waals surface area contributed by atoms with Gasteiger partial charge in [0.1, 0.15) is 4.21 Å². The largest absolute Gasteiger partial charge is 0.313 e. The highest BCUT2D eigenvalue weighted by atomic mass is 32.2. The molecule has 1 aromatic rings. The molecule has 0 aliphatic carbocycles. The minimum atomic E-state index is -3.37. The zero-order valence-electron chi connectivity index (χ0n) is 11.4. The molecule has 2 N–H and O–H groups in total. The molecule has 6 heteroatoms. The Labute approximate surface area is 114 Å². The summed E-state index contributed by atoms with van der Waals surface area (Å²) in [5, 5.41) is 5.07. The molecular weight excluding hydrogens is 268 g/mol. The SMILES string of the molecule is CCNCc1csc(S(=O)(=O)NC(C)C(C)C)c1. The third kappa shape index (κ3) is 4.35. The fourth-order valence-electron chi connectivity index (χ4n) is 1.30. The normalized spacial score (nSPS) is 14.1. The Morgan fingerprint density at radius 2 is 2.00 bits per heavy atom. The van der Waals surface area contributed by atoms with Gasteiger partial charge in [0.25, 0.3) is 0 Å². The Hall–Kier alpha value is -0.430. The van der Waals surface area contributed by atoms with Gasteiger partial charge in [-0.2, -0.15) is 0 Å². The first-order chi connectivity index (χ1) is 8.36. The predicted molar refractivity (Wildman–Crippen MR) is 76.3 cm³/mol. The van der Waals surface area contributed by atoms with Crippen molar-refractivity contribution in [3.63, 3.8) is 0 Å². The lowest BCUT2D eigenvalue weighted by molar-refractivity contribution is 0.477. The minimum Gasteiger partial charge on any atom is -0.313 e. The molecule has 1 atom stereocenters. The zero-order valence-corrected chi connectivity index (χ0v) is 13.0. The Morgan fingerprint density at radius 1 is 1.33 bits per heavy atom. The highest BCUT2D eigenvalue weighted by molar-refractivity contribution is 7.91. The Kier molecular flexibility index (Phi) is 5.78. The number of hydrogen-bond acceptors (Lipinski definition) is 4. The molecule has 0 saturated heterocycles. The van der Waals surface area contributed by atoms with E-state index in [9.17, 15) is 8.42 Å². The molecule has 0 aromatic carbocycles. The Morgan fingerprint density at radius 3 is 2.56 bits per heavy atom. The van der Waals surface area contributed by atoms with Gasteiger partial charge in [0.15, 0.2) is 0 Å². The molecule has 1 heterocycles. The molecule has 0 aliphatic rings. The third-order valence-electron chi connectivity index (χ3n) is 2.81. The van der Waals surface area contributed by atoms with Crippen LogP contribution in [0.5, 0.6) is 0 Å². The highest BCUT2D eigenvalue weighted by Crippen LogP contribution is 2.21. The summed E-state index contributed by atoms with van der Waals surface area (Å²) >= 11 is 1.27. The number of hydrogen-bond donors (Lipinski definition) is 2. The van der Waals surface area contributed by atoms with Gasteiger partial charge in [-0.15, -0.1) is 11.3 Å². The van der Waals surface area contributed by atoms with Gasteiger partial charge in [0.05, 0.1) is 0 Å². The van der Waals surface area contributed by atoms with Gasteiger partial charge in [-0.25, -0.2) is 13.1 Å². The second-order valence-corrected chi connectivity index (χ2v) is 7.56. The summed E-state index contributed by atoms with van der Waals surface area (Å²) in [5.41, 5.74) is 1.01. The smallest absolute Gasteiger partial charge is 0.250 e. The zero-order chi connectivity index (χ0) is 13.8. The van der Waals surface area contributed by atoms with Crippen molar-refractivity contribution in [1.29, 1.82) is 0 Å². The van der Waals surface area contributed by atoms with Crippen LogP contribution < -0.4 is 10.0 Å². The summed E-state index contributed by atoms with van der Waals surface area (Å²) in [6, 6.07) is 1.68. The van der Waals surface area contributed by atoms with Crippen LogP contribution in [0.1, 0.15) is 33.3 Å². The van der Waals surface area contributed by atoms with E-state index >= 15 is 0 Å². The molecule has 0 spiro atoms. The summed E-state index contributed by atoms with van der Waals surface area (Å²) < 4.78 is 27.3. The van der Waals surface area contributed by atoms with Crippen molar-refractivity contribution in [2.75, 3.05) is 6.54 Å². The van der Waals surface area contributed by atoms with Crippen LogP contribution >= 0.6 is 11.3 Å². The maximum atomic E-state index is 12.1. The van der Waals surface area contributed by atoms with Crippen molar-refractivity contribution in [3.05, 3.63) is 17.0 Å². The van der Waals surface area contributed by atoms with Gasteiger partial charge in [-0.1, -0.05) is 20.8 Å². The van der Waals surface area contributed by atoms with Gasteiger partial charge in [0.2, 0.25) is 10.0 Å². The minimum absolute atomic E-state index is 0.0608. The number of rotatable bonds is 7. The lowest BCUT2D eigenvalue weighted by Crippen LogP contribution is -2.35. The van der Waals surface area contributed by atoms with Crippen LogP contribution in [0.15, 0.2) is 15.7 Å². The molecule has 104 valence electrons. The summed E-state index contributed by atoms with van der Waals surface area (Å²) in [7, 11) is -3.37. The van der Waals surface area contributed by atoms with Crippen molar-refractivity contribution in [3.8, 4) is 0 Å². The van der Waals surface area contributed by atoms with Gasteiger partial charge in [-0.05, 0) is 36.4 Å². The van der Waals surface area contributed by atoms with E-state index in [1.807, 2.05) is 33.1 Å². The average Bonchev–Trinajstić information content (AvgIpc) is 2.74. The van der Waals surface area contributed by atoms with E-state index in [0.717, 1.165) is 12.1 Å². The molecule has 18 heavy (non-hydrogen) atoms. The summed E-state index contributed by atoms with van der Waals surface area (Å²) in [6.45, 7) is 9.49. The molecule has 4 nitrogen and oxygen atoms in total. The van der Waals surface area contributed by atoms with E-state index in [1.54, 1.807) is 6.07 Å². The van der Waals surface area contributed by atoms with E-state index < -0.39 is 10.0 Å². The maximum Gasteiger partial charge on any atom is 0.250 e. The summed E-state index contributed by atoms with van der Waals surface area (Å²) in [4.78, 5) is 0. The first kappa shape index (κ1) is 15.6. The average molecular weight is 290 g/mol. The molecular formula is C12H22N2O2S2. The van der Waals surface area contributed by atoms with Gasteiger partial charge in [0, 0.05) is 12.6 Å². The Balaban J connectivity index is 2.76.